The van der Waals surface area contributed by atoms with Crippen LogP contribution < -0.4 is 0 Å². The Morgan fingerprint density at radius 3 is 2.24 bits per heavy atom. The van der Waals surface area contributed by atoms with E-state index in [1.807, 2.05) is 42.5 Å². The number of benzene rings is 1. The van der Waals surface area contributed by atoms with Gasteiger partial charge in [-0.05, 0) is 18.4 Å². The van der Waals surface area contributed by atoms with Gasteiger partial charge in [-0.15, -0.1) is 0 Å². The lowest BCUT2D eigenvalue weighted by Gasteiger charge is -2.12. The van der Waals surface area contributed by atoms with E-state index in [2.05, 4.69) is 16.1 Å². The number of hydrogen-bond acceptors (Lipinski definition) is 4. The van der Waals surface area contributed by atoms with Crippen molar-refractivity contribution in [3.63, 3.8) is 0 Å². The molecule has 1 aromatic rings. The summed E-state index contributed by atoms with van der Waals surface area (Å²) in [5, 5.41) is 0. The third-order valence-electron chi connectivity index (χ3n) is 2.99. The van der Waals surface area contributed by atoms with E-state index in [4.69, 9.17) is 0 Å². The van der Waals surface area contributed by atoms with Gasteiger partial charge < -0.3 is 9.47 Å². The fraction of sp³-hybridized carbons (Fsp3) is 0.294. The predicted molar refractivity (Wildman–Crippen MR) is 80.6 cm³/mol. The number of carbonyl (C=O) groups excluding carboxylic acids is 2. The molecule has 4 nitrogen and oxygen atoms in total. The van der Waals surface area contributed by atoms with Crippen molar-refractivity contribution < 1.29 is 19.1 Å². The van der Waals surface area contributed by atoms with Crippen molar-refractivity contribution >= 4 is 11.9 Å². The van der Waals surface area contributed by atoms with Gasteiger partial charge in [0.2, 0.25) is 0 Å². The maximum absolute atomic E-state index is 11.6. The molecule has 0 aliphatic carbocycles. The third-order valence-corrected chi connectivity index (χ3v) is 2.99. The van der Waals surface area contributed by atoms with Gasteiger partial charge in [0, 0.05) is 0 Å². The van der Waals surface area contributed by atoms with Crippen molar-refractivity contribution in [1.29, 1.82) is 0 Å². The maximum Gasteiger partial charge on any atom is 0.320 e. The molecule has 112 valence electrons. The highest BCUT2D eigenvalue weighted by molar-refractivity contribution is 5.95. The summed E-state index contributed by atoms with van der Waals surface area (Å²) in [6.07, 6.45) is 4.71. The zero-order valence-electron chi connectivity index (χ0n) is 12.4. The number of ether oxygens (including phenoxy) is 2. The highest BCUT2D eigenvalue weighted by Crippen LogP contribution is 2.15. The van der Waals surface area contributed by atoms with Crippen molar-refractivity contribution in [3.05, 3.63) is 60.2 Å². The van der Waals surface area contributed by atoms with Crippen molar-refractivity contribution in [1.82, 2.24) is 0 Å². The summed E-state index contributed by atoms with van der Waals surface area (Å²) >= 11 is 0. The average molecular weight is 288 g/mol. The van der Waals surface area contributed by atoms with Gasteiger partial charge in [0.25, 0.3) is 0 Å². The number of carbonyl (C=O) groups is 2. The van der Waals surface area contributed by atoms with Crippen LogP contribution in [-0.4, -0.2) is 26.2 Å². The highest BCUT2D eigenvalue weighted by Gasteiger charge is 2.28. The van der Waals surface area contributed by atoms with Gasteiger partial charge in [-0.3, -0.25) is 9.59 Å². The molecular weight excluding hydrogens is 268 g/mol. The van der Waals surface area contributed by atoms with Crippen LogP contribution in [0.25, 0.3) is 0 Å². The largest absolute Gasteiger partial charge is 0.468 e. The van der Waals surface area contributed by atoms with Gasteiger partial charge in [0.15, 0.2) is 5.92 Å². The van der Waals surface area contributed by atoms with E-state index in [0.717, 1.165) is 6.42 Å². The lowest BCUT2D eigenvalue weighted by molar-refractivity contribution is -0.158. The van der Waals surface area contributed by atoms with Crippen LogP contribution in [0.15, 0.2) is 54.6 Å². The van der Waals surface area contributed by atoms with E-state index >= 15 is 0 Å². The number of rotatable bonds is 7. The number of methoxy groups -OCH3 is 2. The van der Waals surface area contributed by atoms with Gasteiger partial charge in [-0.2, -0.15) is 0 Å². The smallest absolute Gasteiger partial charge is 0.320 e. The first kappa shape index (κ1) is 16.7. The molecule has 1 rings (SSSR count). The van der Waals surface area contributed by atoms with E-state index in [9.17, 15) is 9.59 Å². The Morgan fingerprint density at radius 1 is 1.14 bits per heavy atom. The zero-order valence-corrected chi connectivity index (χ0v) is 12.4. The summed E-state index contributed by atoms with van der Waals surface area (Å²) in [5.41, 5.74) is 1.85. The first-order chi connectivity index (χ1) is 10.1. The monoisotopic (exact) mass is 288 g/mol. The standard InChI is InChI=1S/C17H20O4/c1-13(8-7-11-14-9-5-4-6-10-14)12-15(16(18)20-2)17(19)21-3/h4-10,15H,1,11-12H2,2-3H3/b8-7+. The second-order valence-corrected chi connectivity index (χ2v) is 4.55. The first-order valence-corrected chi connectivity index (χ1v) is 6.62. The molecule has 0 bridgehead atoms. The van der Waals surface area contributed by atoms with Gasteiger partial charge in [0.1, 0.15) is 0 Å². The minimum Gasteiger partial charge on any atom is -0.468 e. The molecule has 0 atom stereocenters. The van der Waals surface area contributed by atoms with Crippen LogP contribution in [0.1, 0.15) is 12.0 Å². The molecule has 0 fully saturated rings. The SMILES string of the molecule is C=C(/C=C/Cc1ccccc1)CC(C(=O)OC)C(=O)OC. The summed E-state index contributed by atoms with van der Waals surface area (Å²) in [7, 11) is 2.48. The molecule has 0 amide bonds. The van der Waals surface area contributed by atoms with Gasteiger partial charge >= 0.3 is 11.9 Å². The molecule has 0 aliphatic heterocycles. The second kappa shape index (κ2) is 8.74. The van der Waals surface area contributed by atoms with Crippen LogP contribution in [0.2, 0.25) is 0 Å². The van der Waals surface area contributed by atoms with E-state index in [-0.39, 0.29) is 6.42 Å². The number of hydrogen-bond donors (Lipinski definition) is 0. The average Bonchev–Trinajstić information content (AvgIpc) is 2.52. The third kappa shape index (κ3) is 5.65. The maximum atomic E-state index is 11.6. The molecule has 0 saturated heterocycles. The summed E-state index contributed by atoms with van der Waals surface area (Å²) in [6.45, 7) is 3.86. The number of allylic oxidation sites excluding steroid dienone is 3. The summed E-state index contributed by atoms with van der Waals surface area (Å²) in [5.74, 6) is -2.19. The van der Waals surface area contributed by atoms with Crippen molar-refractivity contribution in [2.45, 2.75) is 12.8 Å². The molecule has 1 aromatic carbocycles. The predicted octanol–water partition coefficient (Wildman–Crippen LogP) is 2.69. The van der Waals surface area contributed by atoms with Crippen LogP contribution in [-0.2, 0) is 25.5 Å². The molecule has 0 N–H and O–H groups in total. The Kier molecular flexibility index (Phi) is 6.95. The van der Waals surface area contributed by atoms with Gasteiger partial charge in [-0.1, -0.05) is 54.6 Å². The van der Waals surface area contributed by atoms with E-state index < -0.39 is 17.9 Å². The highest BCUT2D eigenvalue weighted by atomic mass is 16.5. The lowest BCUT2D eigenvalue weighted by atomic mass is 9.99. The Hall–Kier alpha value is -2.36. The van der Waals surface area contributed by atoms with Crippen LogP contribution in [0, 0.1) is 5.92 Å². The molecule has 0 spiro atoms. The molecule has 0 radical (unpaired) electrons. The Labute approximate surface area is 125 Å². The molecule has 4 heteroatoms. The molecule has 21 heavy (non-hydrogen) atoms. The van der Waals surface area contributed by atoms with Gasteiger partial charge in [-0.25, -0.2) is 0 Å². The normalized spacial score (nSPS) is 10.6. The number of esters is 2. The van der Waals surface area contributed by atoms with E-state index in [0.29, 0.717) is 5.57 Å². The van der Waals surface area contributed by atoms with Crippen LogP contribution in [0.4, 0.5) is 0 Å². The fourth-order valence-corrected chi connectivity index (χ4v) is 1.85. The van der Waals surface area contributed by atoms with Crippen molar-refractivity contribution in [3.8, 4) is 0 Å². The first-order valence-electron chi connectivity index (χ1n) is 6.62. The van der Waals surface area contributed by atoms with Crippen LogP contribution in [0.5, 0.6) is 0 Å². The second-order valence-electron chi connectivity index (χ2n) is 4.55. The van der Waals surface area contributed by atoms with E-state index in [1.165, 1.54) is 19.8 Å². The summed E-state index contributed by atoms with van der Waals surface area (Å²) < 4.78 is 9.21. The Bertz CT molecular complexity index is 501. The molecule has 0 unspecified atom stereocenters. The fourth-order valence-electron chi connectivity index (χ4n) is 1.85. The molecule has 0 aromatic heterocycles. The Balaban J connectivity index is 2.57. The molecule has 0 heterocycles. The minimum atomic E-state index is -0.964. The lowest BCUT2D eigenvalue weighted by Crippen LogP contribution is -2.26. The molecule has 0 aliphatic rings. The van der Waals surface area contributed by atoms with Gasteiger partial charge in [0.05, 0.1) is 14.2 Å². The molecule has 0 saturated carbocycles. The Morgan fingerprint density at radius 2 is 1.71 bits per heavy atom. The van der Waals surface area contributed by atoms with Crippen molar-refractivity contribution in [2.75, 3.05) is 14.2 Å². The quantitative estimate of drug-likeness (QED) is 0.440. The minimum absolute atomic E-state index is 0.185. The topological polar surface area (TPSA) is 52.6 Å². The zero-order chi connectivity index (χ0) is 15.7. The van der Waals surface area contributed by atoms with Crippen LogP contribution >= 0.6 is 0 Å². The molecular formula is C17H20O4. The van der Waals surface area contributed by atoms with E-state index in [1.54, 1.807) is 0 Å². The van der Waals surface area contributed by atoms with Crippen molar-refractivity contribution in [2.24, 2.45) is 5.92 Å². The summed E-state index contributed by atoms with van der Waals surface area (Å²) in [4.78, 5) is 23.1. The summed E-state index contributed by atoms with van der Waals surface area (Å²) in [6, 6.07) is 9.96. The van der Waals surface area contributed by atoms with Crippen LogP contribution in [0.3, 0.4) is 0 Å².